The van der Waals surface area contributed by atoms with E-state index in [4.69, 9.17) is 4.74 Å². The number of rotatable bonds is 21. The molecule has 0 saturated carbocycles. The van der Waals surface area contributed by atoms with E-state index in [-0.39, 0.29) is 49.0 Å². The van der Waals surface area contributed by atoms with Gasteiger partial charge in [-0.1, -0.05) is 148 Å². The number of carboxylic acid groups (broad SMARTS) is 1. The number of carbonyl (C=O) groups excluding carboxylic acids is 2. The van der Waals surface area contributed by atoms with Gasteiger partial charge in [-0.2, -0.15) is 0 Å². The fourth-order valence-electron chi connectivity index (χ4n) is 3.90. The Morgan fingerprint density at radius 2 is 0.878 bits per heavy atom. The third kappa shape index (κ3) is 32.9. The Kier molecular flexibility index (Phi) is 29.8. The normalized spacial score (nSPS) is 14.5. The molecule has 0 spiro atoms. The molecule has 0 aliphatic heterocycles. The molecule has 0 unspecified atom stereocenters. The number of carboxylic acids is 1. The van der Waals surface area contributed by atoms with Gasteiger partial charge in [0.15, 0.2) is 0 Å². The van der Waals surface area contributed by atoms with E-state index in [1.807, 2.05) is 13.0 Å². The summed E-state index contributed by atoms with van der Waals surface area (Å²) in [6.07, 6.45) is 41.4. The summed E-state index contributed by atoms with van der Waals surface area (Å²) < 4.78 is 5.07. The Bertz CT molecular complexity index is 1420. The van der Waals surface area contributed by atoms with Gasteiger partial charge in [0.1, 0.15) is 6.61 Å². The molecule has 0 N–H and O–H groups in total. The van der Waals surface area contributed by atoms with Crippen molar-refractivity contribution in [2.75, 3.05) is 6.61 Å². The van der Waals surface area contributed by atoms with E-state index < -0.39 is 11.9 Å². The Balaban J connectivity index is 0. The SMILES string of the molecule is CC(C)=CCC/C(C)=C/C=C/C(C)=C/C=C/C(C)=C/C=C/C=C(C)/C=C/C=C(C)/C=C/C=C(\C)CC/C=C(\C)COC(=O)CCC(=O)[O-].[Na+]. The van der Waals surface area contributed by atoms with Crippen LogP contribution in [0.3, 0.4) is 0 Å². The van der Waals surface area contributed by atoms with Gasteiger partial charge in [0, 0.05) is 5.97 Å². The van der Waals surface area contributed by atoms with Crippen molar-refractivity contribution in [3.8, 4) is 0 Å². The molecule has 0 bridgehead atoms. The summed E-state index contributed by atoms with van der Waals surface area (Å²) in [5.41, 5.74) is 9.68. The minimum atomic E-state index is -1.25. The van der Waals surface area contributed by atoms with Gasteiger partial charge < -0.3 is 14.6 Å². The average molecular weight is 675 g/mol. The van der Waals surface area contributed by atoms with Gasteiger partial charge in [-0.05, 0) is 100.0 Å². The van der Waals surface area contributed by atoms with Gasteiger partial charge >= 0.3 is 35.5 Å². The van der Waals surface area contributed by atoms with Gasteiger partial charge in [-0.25, -0.2) is 0 Å². The number of aliphatic carboxylic acids is 1. The van der Waals surface area contributed by atoms with E-state index in [0.29, 0.717) is 0 Å². The van der Waals surface area contributed by atoms with Gasteiger partial charge in [0.25, 0.3) is 0 Å². The largest absolute Gasteiger partial charge is 1.00 e. The zero-order chi connectivity index (χ0) is 36.2. The van der Waals surface area contributed by atoms with Crippen molar-refractivity contribution in [3.63, 3.8) is 0 Å². The van der Waals surface area contributed by atoms with Crippen molar-refractivity contribution in [2.45, 2.75) is 101 Å². The molecule has 4 nitrogen and oxygen atoms in total. The van der Waals surface area contributed by atoms with Gasteiger partial charge in [0.2, 0.25) is 0 Å². The Hall–Kier alpha value is -3.44. The number of esters is 1. The molecule has 260 valence electrons. The second kappa shape index (κ2) is 30.6. The third-order valence-electron chi connectivity index (χ3n) is 6.86. The predicted molar refractivity (Wildman–Crippen MR) is 205 cm³/mol. The van der Waals surface area contributed by atoms with Gasteiger partial charge in [-0.15, -0.1) is 0 Å². The summed E-state index contributed by atoms with van der Waals surface area (Å²) in [7, 11) is 0. The van der Waals surface area contributed by atoms with Crippen molar-refractivity contribution in [2.24, 2.45) is 0 Å². The van der Waals surface area contributed by atoms with Gasteiger partial charge in [0.05, 0.1) is 6.42 Å². The standard InChI is InChI=1S/C44H60O4.Na/c1-35(2)18-12-21-38(5)24-15-27-39(6)25-13-22-36(3)19-10-11-20-37(4)23-14-26-40(7)28-16-29-41(8)30-17-31-42(9)34-48-44(47)33-32-43(45)46;/h10-11,13-16,18-20,22-29,31H,12,17,21,30,32-34H2,1-9H3,(H,45,46);/q;+1/p-1/b11-10+,22-13+,23-14+,27-15+,28-16+,36-19+,37-20+,38-24+,39-25+,40-26+,41-29+,42-31+;. The number of hydrogen-bond donors (Lipinski definition) is 0. The number of carbonyl (C=O) groups is 2. The maximum absolute atomic E-state index is 11.5. The van der Waals surface area contributed by atoms with E-state index >= 15 is 0 Å². The molecule has 0 radical (unpaired) electrons. The molecule has 0 aromatic rings. The van der Waals surface area contributed by atoms with Crippen LogP contribution >= 0.6 is 0 Å². The Morgan fingerprint density at radius 1 is 0.490 bits per heavy atom. The molecule has 5 heteroatoms. The summed E-state index contributed by atoms with van der Waals surface area (Å²) in [5, 5.41) is 10.4. The molecule has 49 heavy (non-hydrogen) atoms. The van der Waals surface area contributed by atoms with Crippen molar-refractivity contribution in [1.82, 2.24) is 0 Å². The number of allylic oxidation sites excluding steroid dienone is 25. The van der Waals surface area contributed by atoms with E-state index in [1.54, 1.807) is 0 Å². The van der Waals surface area contributed by atoms with Crippen LogP contribution in [0.25, 0.3) is 0 Å². The van der Waals surface area contributed by atoms with Crippen LogP contribution in [0.15, 0.2) is 154 Å². The van der Waals surface area contributed by atoms with Crippen molar-refractivity contribution >= 4 is 11.9 Å². The fraction of sp³-hybridized carbons (Fsp3) is 0.364. The maximum atomic E-state index is 11.5. The van der Waals surface area contributed by atoms with E-state index in [1.165, 1.54) is 33.4 Å². The summed E-state index contributed by atoms with van der Waals surface area (Å²) in [6.45, 7) is 19.0. The second-order valence-electron chi connectivity index (χ2n) is 12.4. The second-order valence-corrected chi connectivity index (χ2v) is 12.4. The minimum Gasteiger partial charge on any atom is -0.550 e. The number of hydrogen-bond acceptors (Lipinski definition) is 4. The fourth-order valence-corrected chi connectivity index (χ4v) is 3.90. The first kappa shape index (κ1) is 47.7. The van der Waals surface area contributed by atoms with Crippen LogP contribution in [-0.4, -0.2) is 18.5 Å². The van der Waals surface area contributed by atoms with E-state index in [0.717, 1.165) is 36.8 Å². The molecule has 0 heterocycles. The smallest absolute Gasteiger partial charge is 0.550 e. The third-order valence-corrected chi connectivity index (χ3v) is 6.86. The average Bonchev–Trinajstić information content (AvgIpc) is 3.01. The Morgan fingerprint density at radius 3 is 1.29 bits per heavy atom. The molecule has 0 aliphatic rings. The van der Waals surface area contributed by atoms with Crippen LogP contribution in [0.2, 0.25) is 0 Å². The predicted octanol–water partition coefficient (Wildman–Crippen LogP) is 8.00. The molecule has 0 aromatic heterocycles. The molecule has 0 aromatic carbocycles. The first-order chi connectivity index (χ1) is 22.8. The van der Waals surface area contributed by atoms with E-state index in [9.17, 15) is 14.7 Å². The van der Waals surface area contributed by atoms with Crippen LogP contribution in [0.4, 0.5) is 0 Å². The molecule has 0 saturated heterocycles. The minimum absolute atomic E-state index is 0. The maximum Gasteiger partial charge on any atom is 1.00 e. The van der Waals surface area contributed by atoms with Crippen LogP contribution in [-0.2, 0) is 14.3 Å². The Labute approximate surface area is 320 Å². The zero-order valence-corrected chi connectivity index (χ0v) is 34.0. The van der Waals surface area contributed by atoms with Crippen LogP contribution in [0.5, 0.6) is 0 Å². The summed E-state index contributed by atoms with van der Waals surface area (Å²) in [6, 6.07) is 0. The van der Waals surface area contributed by atoms with Crippen LogP contribution in [0.1, 0.15) is 101 Å². The molecular weight excluding hydrogens is 615 g/mol. The van der Waals surface area contributed by atoms with E-state index in [2.05, 4.69) is 159 Å². The molecule has 0 aliphatic carbocycles. The molecule has 0 fully saturated rings. The molecule has 0 atom stereocenters. The monoisotopic (exact) mass is 674 g/mol. The summed E-state index contributed by atoms with van der Waals surface area (Å²) in [5.74, 6) is -1.77. The molecule has 0 rings (SSSR count). The first-order valence-corrected chi connectivity index (χ1v) is 16.8. The van der Waals surface area contributed by atoms with Gasteiger partial charge in [-0.3, -0.25) is 4.79 Å². The summed E-state index contributed by atoms with van der Waals surface area (Å²) >= 11 is 0. The van der Waals surface area contributed by atoms with Crippen molar-refractivity contribution in [3.05, 3.63) is 154 Å². The zero-order valence-electron chi connectivity index (χ0n) is 32.0. The van der Waals surface area contributed by atoms with Crippen LogP contribution < -0.4 is 34.7 Å². The van der Waals surface area contributed by atoms with Crippen molar-refractivity contribution < 1.29 is 49.0 Å². The van der Waals surface area contributed by atoms with Crippen LogP contribution in [0, 0.1) is 0 Å². The quantitative estimate of drug-likeness (QED) is 0.0536. The summed E-state index contributed by atoms with van der Waals surface area (Å²) in [4.78, 5) is 21.9. The topological polar surface area (TPSA) is 66.4 Å². The molecular formula is C44H59NaO4. The first-order valence-electron chi connectivity index (χ1n) is 16.8. The number of ether oxygens (including phenoxy) is 1. The molecule has 0 amide bonds. The van der Waals surface area contributed by atoms with Crippen molar-refractivity contribution in [1.29, 1.82) is 0 Å².